The van der Waals surface area contributed by atoms with Crippen molar-refractivity contribution in [2.75, 3.05) is 26.4 Å². The van der Waals surface area contributed by atoms with Gasteiger partial charge in [0.1, 0.15) is 12.4 Å². The third-order valence-corrected chi connectivity index (χ3v) is 4.55. The molecular weight excluding hydrogens is 473 g/mol. The van der Waals surface area contributed by atoms with Crippen LogP contribution < -0.4 is 15.4 Å². The zero-order valence-corrected chi connectivity index (χ0v) is 19.4. The molecule has 0 saturated carbocycles. The van der Waals surface area contributed by atoms with E-state index in [9.17, 15) is 0 Å². The van der Waals surface area contributed by atoms with Gasteiger partial charge in [0.15, 0.2) is 5.96 Å². The molecule has 0 aliphatic carbocycles. The summed E-state index contributed by atoms with van der Waals surface area (Å²) in [5, 5.41) is 8.74. The van der Waals surface area contributed by atoms with Crippen molar-refractivity contribution < 1.29 is 9.47 Å². The number of benzene rings is 1. The van der Waals surface area contributed by atoms with Gasteiger partial charge in [0, 0.05) is 23.6 Å². The molecule has 0 aliphatic rings. The molecule has 1 aromatic carbocycles. The minimum atomic E-state index is 0. The van der Waals surface area contributed by atoms with E-state index in [1.807, 2.05) is 6.92 Å². The average molecular weight is 503 g/mol. The molecule has 2 aromatic rings. The van der Waals surface area contributed by atoms with Gasteiger partial charge in [-0.3, -0.25) is 0 Å². The van der Waals surface area contributed by atoms with E-state index in [-0.39, 0.29) is 24.0 Å². The van der Waals surface area contributed by atoms with Crippen molar-refractivity contribution in [3.05, 3.63) is 51.7 Å². The number of aryl methyl sites for hydroxylation is 1. The lowest BCUT2D eigenvalue weighted by Gasteiger charge is -2.13. The summed E-state index contributed by atoms with van der Waals surface area (Å²) in [5.41, 5.74) is 2.24. The molecule has 0 bridgehead atoms. The van der Waals surface area contributed by atoms with Crippen LogP contribution in [0, 0.1) is 6.92 Å². The molecule has 7 heteroatoms. The Kier molecular flexibility index (Phi) is 12.1. The predicted octanol–water partition coefficient (Wildman–Crippen LogP) is 4.35. The second-order valence-corrected chi connectivity index (χ2v) is 6.82. The fraction of sp³-hybridized carbons (Fsp3) is 0.450. The molecule has 5 nitrogen and oxygen atoms in total. The maximum absolute atomic E-state index is 5.90. The molecule has 2 rings (SSSR count). The number of hydrogen-bond acceptors (Lipinski definition) is 4. The Balaban J connectivity index is 0.00000364. The van der Waals surface area contributed by atoms with Gasteiger partial charge in [-0.15, -0.1) is 35.3 Å². The van der Waals surface area contributed by atoms with Crippen LogP contribution in [-0.4, -0.2) is 32.3 Å². The van der Waals surface area contributed by atoms with Gasteiger partial charge in [-0.2, -0.15) is 0 Å². The Bertz CT molecular complexity index is 678. The molecule has 0 spiro atoms. The molecule has 27 heavy (non-hydrogen) atoms. The van der Waals surface area contributed by atoms with Crippen molar-refractivity contribution in [1.82, 2.24) is 10.6 Å². The van der Waals surface area contributed by atoms with E-state index in [1.54, 1.807) is 11.3 Å². The highest BCUT2D eigenvalue weighted by Gasteiger charge is 2.05. The van der Waals surface area contributed by atoms with Crippen LogP contribution in [-0.2, 0) is 17.8 Å². The summed E-state index contributed by atoms with van der Waals surface area (Å²) < 4.78 is 11.2. The number of hydrogen-bond donors (Lipinski definition) is 2. The third kappa shape index (κ3) is 8.94. The van der Waals surface area contributed by atoms with Crippen LogP contribution >= 0.6 is 35.3 Å². The summed E-state index contributed by atoms with van der Waals surface area (Å²) in [7, 11) is 0. The topological polar surface area (TPSA) is 54.9 Å². The van der Waals surface area contributed by atoms with Crippen LogP contribution in [0.15, 0.2) is 40.7 Å². The first-order valence-electron chi connectivity index (χ1n) is 9.07. The van der Waals surface area contributed by atoms with E-state index < -0.39 is 0 Å². The number of rotatable bonds is 10. The number of ether oxygens (including phenoxy) is 2. The quantitative estimate of drug-likeness (QED) is 0.219. The summed E-state index contributed by atoms with van der Waals surface area (Å²) >= 11 is 1.74. The highest BCUT2D eigenvalue weighted by atomic mass is 127. The SMILES string of the molecule is CCNC(=NCc1ccc(C)cc1OCCOCC)NCc1cccs1.I. The zero-order chi connectivity index (χ0) is 18.6. The molecule has 0 saturated heterocycles. The van der Waals surface area contributed by atoms with Crippen molar-refractivity contribution in [3.63, 3.8) is 0 Å². The fourth-order valence-corrected chi connectivity index (χ4v) is 3.02. The largest absolute Gasteiger partial charge is 0.491 e. The van der Waals surface area contributed by atoms with Gasteiger partial charge in [-0.1, -0.05) is 18.2 Å². The van der Waals surface area contributed by atoms with Crippen LogP contribution in [0.1, 0.15) is 29.9 Å². The van der Waals surface area contributed by atoms with Crippen molar-refractivity contribution in [2.24, 2.45) is 4.99 Å². The van der Waals surface area contributed by atoms with Crippen molar-refractivity contribution in [3.8, 4) is 5.75 Å². The van der Waals surface area contributed by atoms with Crippen LogP contribution in [0.25, 0.3) is 0 Å². The second-order valence-electron chi connectivity index (χ2n) is 5.78. The monoisotopic (exact) mass is 503 g/mol. The lowest BCUT2D eigenvalue weighted by atomic mass is 10.1. The molecule has 0 atom stereocenters. The number of halogens is 1. The summed E-state index contributed by atoms with van der Waals surface area (Å²) in [5.74, 6) is 1.68. The summed E-state index contributed by atoms with van der Waals surface area (Å²) in [6.45, 7) is 10.1. The van der Waals surface area contributed by atoms with Crippen LogP contribution in [0.3, 0.4) is 0 Å². The lowest BCUT2D eigenvalue weighted by molar-refractivity contribution is 0.110. The van der Waals surface area contributed by atoms with Gasteiger partial charge in [0.05, 0.1) is 19.7 Å². The highest BCUT2D eigenvalue weighted by Crippen LogP contribution is 2.21. The first-order chi connectivity index (χ1) is 12.7. The molecule has 1 heterocycles. The molecule has 0 unspecified atom stereocenters. The fourth-order valence-electron chi connectivity index (χ4n) is 2.37. The average Bonchev–Trinajstić information content (AvgIpc) is 3.16. The van der Waals surface area contributed by atoms with Crippen LogP contribution in [0.2, 0.25) is 0 Å². The minimum Gasteiger partial charge on any atom is -0.491 e. The molecule has 2 N–H and O–H groups in total. The van der Waals surface area contributed by atoms with Gasteiger partial charge < -0.3 is 20.1 Å². The van der Waals surface area contributed by atoms with Gasteiger partial charge in [0.25, 0.3) is 0 Å². The van der Waals surface area contributed by atoms with Crippen molar-refractivity contribution >= 4 is 41.3 Å². The van der Waals surface area contributed by atoms with Crippen LogP contribution in [0.4, 0.5) is 0 Å². The molecule has 0 fully saturated rings. The minimum absolute atomic E-state index is 0. The van der Waals surface area contributed by atoms with E-state index in [0.717, 1.165) is 30.4 Å². The van der Waals surface area contributed by atoms with E-state index >= 15 is 0 Å². The Morgan fingerprint density at radius 2 is 2.00 bits per heavy atom. The van der Waals surface area contributed by atoms with Gasteiger partial charge in [0.2, 0.25) is 0 Å². The first-order valence-corrected chi connectivity index (χ1v) is 9.95. The Morgan fingerprint density at radius 3 is 2.70 bits per heavy atom. The molecule has 1 aromatic heterocycles. The molecule has 150 valence electrons. The summed E-state index contributed by atoms with van der Waals surface area (Å²) in [6.07, 6.45) is 0. The second kappa shape index (κ2) is 13.8. The van der Waals surface area contributed by atoms with Crippen molar-refractivity contribution in [2.45, 2.75) is 33.9 Å². The van der Waals surface area contributed by atoms with E-state index in [0.29, 0.717) is 26.4 Å². The predicted molar refractivity (Wildman–Crippen MR) is 125 cm³/mol. The standard InChI is InChI=1S/C20H29N3O2S.HI/c1-4-21-20(23-15-18-7-6-12-26-18)22-14-17-9-8-16(3)13-19(17)25-11-10-24-5-2;/h6-9,12-13H,4-5,10-11,14-15H2,1-3H3,(H2,21,22,23);1H. The number of nitrogens with one attached hydrogen (secondary N) is 2. The lowest BCUT2D eigenvalue weighted by Crippen LogP contribution is -2.36. The Morgan fingerprint density at radius 1 is 1.15 bits per heavy atom. The van der Waals surface area contributed by atoms with Gasteiger partial charge in [-0.05, 0) is 43.8 Å². The Labute approximate surface area is 183 Å². The maximum atomic E-state index is 5.90. The number of thiophene rings is 1. The van der Waals surface area contributed by atoms with E-state index in [1.165, 1.54) is 10.4 Å². The zero-order valence-electron chi connectivity index (χ0n) is 16.3. The number of guanidine groups is 1. The van der Waals surface area contributed by atoms with Crippen LogP contribution in [0.5, 0.6) is 5.75 Å². The third-order valence-electron chi connectivity index (χ3n) is 3.67. The summed E-state index contributed by atoms with van der Waals surface area (Å²) in [4.78, 5) is 5.99. The Hall–Kier alpha value is -1.32. The number of aliphatic imine (C=N–C) groups is 1. The van der Waals surface area contributed by atoms with Gasteiger partial charge in [-0.25, -0.2) is 4.99 Å². The summed E-state index contributed by atoms with van der Waals surface area (Å²) in [6, 6.07) is 10.4. The normalized spacial score (nSPS) is 11.0. The van der Waals surface area contributed by atoms with E-state index in [2.05, 4.69) is 60.2 Å². The first kappa shape index (κ1) is 23.7. The highest BCUT2D eigenvalue weighted by molar-refractivity contribution is 14.0. The van der Waals surface area contributed by atoms with Crippen molar-refractivity contribution in [1.29, 1.82) is 0 Å². The molecule has 0 amide bonds. The van der Waals surface area contributed by atoms with E-state index in [4.69, 9.17) is 14.5 Å². The molecule has 0 radical (unpaired) electrons. The maximum Gasteiger partial charge on any atom is 0.191 e. The smallest absolute Gasteiger partial charge is 0.191 e. The number of nitrogens with zero attached hydrogens (tertiary/aromatic N) is 1. The molecule has 0 aliphatic heterocycles. The molecular formula is C20H30IN3O2S. The van der Waals surface area contributed by atoms with Gasteiger partial charge >= 0.3 is 0 Å².